The van der Waals surface area contributed by atoms with Crippen LogP contribution in [0.5, 0.6) is 5.75 Å². The second-order valence-corrected chi connectivity index (χ2v) is 5.70. The van der Waals surface area contributed by atoms with E-state index in [-0.39, 0.29) is 0 Å². The molecule has 0 aliphatic carbocycles. The van der Waals surface area contributed by atoms with E-state index in [4.69, 9.17) is 4.74 Å². The lowest BCUT2D eigenvalue weighted by atomic mass is 9.91. The van der Waals surface area contributed by atoms with Crippen LogP contribution in [0, 0.1) is 11.8 Å². The minimum Gasteiger partial charge on any atom is -0.461 e. The fourth-order valence-electron chi connectivity index (χ4n) is 2.61. The highest BCUT2D eigenvalue weighted by molar-refractivity contribution is 5.67. The largest absolute Gasteiger partial charge is 0.461 e. The van der Waals surface area contributed by atoms with E-state index in [1.165, 1.54) is 5.57 Å². The molecule has 0 fully saturated rings. The first kappa shape index (κ1) is 15.6. The molecule has 0 aliphatic rings. The maximum absolute atomic E-state index is 6.11. The summed E-state index contributed by atoms with van der Waals surface area (Å²) in [5.41, 5.74) is 3.48. The molecule has 1 nitrogen and oxygen atoms in total. The van der Waals surface area contributed by atoms with Crippen LogP contribution >= 0.6 is 0 Å². The zero-order valence-corrected chi connectivity index (χ0v) is 13.1. The number of benzene rings is 1. The number of para-hydroxylation sites is 1. The van der Waals surface area contributed by atoms with Crippen molar-refractivity contribution in [3.63, 3.8) is 0 Å². The summed E-state index contributed by atoms with van der Waals surface area (Å²) in [5.74, 6) is 2.90. The van der Waals surface area contributed by atoms with Crippen molar-refractivity contribution >= 4 is 5.57 Å². The fourth-order valence-corrected chi connectivity index (χ4v) is 2.61. The molecule has 0 spiro atoms. The first-order valence-electron chi connectivity index (χ1n) is 6.98. The predicted octanol–water partition coefficient (Wildman–Crippen LogP) is 5.68. The molecule has 104 valence electrons. The summed E-state index contributed by atoms with van der Waals surface area (Å²) in [5, 5.41) is 0. The maximum atomic E-state index is 6.11. The molecule has 0 aliphatic heterocycles. The molecule has 0 saturated heterocycles. The highest BCUT2D eigenvalue weighted by Crippen LogP contribution is 2.29. The summed E-state index contributed by atoms with van der Waals surface area (Å²) in [7, 11) is 0. The smallest absolute Gasteiger partial charge is 0.134 e. The van der Waals surface area contributed by atoms with Gasteiger partial charge in [0.2, 0.25) is 0 Å². The van der Waals surface area contributed by atoms with Gasteiger partial charge in [-0.15, -0.1) is 0 Å². The molecular formula is C18H26O. The van der Waals surface area contributed by atoms with Crippen molar-refractivity contribution in [2.24, 2.45) is 11.8 Å². The molecule has 0 heterocycles. The van der Waals surface area contributed by atoms with Gasteiger partial charge in [0.15, 0.2) is 0 Å². The Balaban J connectivity index is 3.15. The zero-order chi connectivity index (χ0) is 14.6. The van der Waals surface area contributed by atoms with Gasteiger partial charge in [0.05, 0.1) is 0 Å². The summed E-state index contributed by atoms with van der Waals surface area (Å²) in [6.07, 6.45) is 0. The van der Waals surface area contributed by atoms with E-state index in [1.807, 2.05) is 25.1 Å². The Kier molecular flexibility index (Phi) is 5.41. The lowest BCUT2D eigenvalue weighted by molar-refractivity contribution is 0.399. The third-order valence-corrected chi connectivity index (χ3v) is 3.26. The van der Waals surface area contributed by atoms with Gasteiger partial charge in [0.25, 0.3) is 0 Å². The van der Waals surface area contributed by atoms with E-state index >= 15 is 0 Å². The van der Waals surface area contributed by atoms with E-state index in [0.29, 0.717) is 11.8 Å². The molecule has 1 heteroatoms. The number of hydrogen-bond donors (Lipinski definition) is 0. The predicted molar refractivity (Wildman–Crippen MR) is 84.2 cm³/mol. The monoisotopic (exact) mass is 258 g/mol. The van der Waals surface area contributed by atoms with Crippen LogP contribution in [0.15, 0.2) is 42.2 Å². The molecule has 0 amide bonds. The van der Waals surface area contributed by atoms with Crippen molar-refractivity contribution in [3.05, 3.63) is 47.7 Å². The lowest BCUT2D eigenvalue weighted by Gasteiger charge is -2.20. The van der Waals surface area contributed by atoms with Crippen LogP contribution in [0.3, 0.4) is 0 Å². The van der Waals surface area contributed by atoms with E-state index < -0.39 is 0 Å². The molecule has 1 aromatic carbocycles. The van der Waals surface area contributed by atoms with Crippen LogP contribution in [0.25, 0.3) is 5.57 Å². The van der Waals surface area contributed by atoms with Crippen LogP contribution in [-0.2, 0) is 0 Å². The summed E-state index contributed by atoms with van der Waals surface area (Å²) in [6, 6.07) is 8.07. The molecule has 0 bridgehead atoms. The first-order valence-corrected chi connectivity index (χ1v) is 6.98. The Morgan fingerprint density at radius 2 is 1.53 bits per heavy atom. The first-order chi connectivity index (χ1) is 8.84. The van der Waals surface area contributed by atoms with Crippen LogP contribution < -0.4 is 4.74 Å². The quantitative estimate of drug-likeness (QED) is 0.617. The number of rotatable bonds is 5. The SMILES string of the molecule is C=C(C)c1ccccc1OC(C)=C(C(C)C)C(C)C. The fraction of sp³-hybridized carbons (Fsp3) is 0.444. The molecule has 0 aromatic heterocycles. The van der Waals surface area contributed by atoms with Gasteiger partial charge in [-0.2, -0.15) is 0 Å². The highest BCUT2D eigenvalue weighted by Gasteiger charge is 2.14. The third kappa shape index (κ3) is 3.99. The van der Waals surface area contributed by atoms with Gasteiger partial charge in [-0.1, -0.05) is 52.5 Å². The third-order valence-electron chi connectivity index (χ3n) is 3.26. The van der Waals surface area contributed by atoms with E-state index in [1.54, 1.807) is 0 Å². The van der Waals surface area contributed by atoms with Crippen LogP contribution in [0.4, 0.5) is 0 Å². The van der Waals surface area contributed by atoms with Gasteiger partial charge < -0.3 is 4.74 Å². The second kappa shape index (κ2) is 6.60. The Hall–Kier alpha value is -1.50. The maximum Gasteiger partial charge on any atom is 0.134 e. The Labute approximate surface area is 118 Å². The van der Waals surface area contributed by atoms with Gasteiger partial charge in [0.1, 0.15) is 11.5 Å². The van der Waals surface area contributed by atoms with Crippen LogP contribution in [0.2, 0.25) is 0 Å². The Morgan fingerprint density at radius 3 is 2.00 bits per heavy atom. The van der Waals surface area contributed by atoms with Gasteiger partial charge in [-0.05, 0) is 42.9 Å². The molecule has 0 saturated carbocycles. The number of ether oxygens (including phenoxy) is 1. The minimum atomic E-state index is 0.497. The Bertz CT molecular complexity index is 468. The molecule has 1 rings (SSSR count). The van der Waals surface area contributed by atoms with Crippen molar-refractivity contribution < 1.29 is 4.74 Å². The number of hydrogen-bond acceptors (Lipinski definition) is 1. The second-order valence-electron chi connectivity index (χ2n) is 5.70. The zero-order valence-electron chi connectivity index (χ0n) is 13.1. The topological polar surface area (TPSA) is 9.23 Å². The Morgan fingerprint density at radius 1 is 1.00 bits per heavy atom. The highest BCUT2D eigenvalue weighted by atomic mass is 16.5. The normalized spacial score (nSPS) is 10.7. The van der Waals surface area contributed by atoms with Crippen molar-refractivity contribution in [3.8, 4) is 5.75 Å². The standard InChI is InChI=1S/C18H26O/c1-12(2)16-10-8-9-11-17(16)19-15(7)18(13(3)4)14(5)6/h8-11,13-14H,1H2,2-7H3. The van der Waals surface area contributed by atoms with E-state index in [9.17, 15) is 0 Å². The molecule has 19 heavy (non-hydrogen) atoms. The summed E-state index contributed by atoms with van der Waals surface area (Å²) in [4.78, 5) is 0. The lowest BCUT2D eigenvalue weighted by Crippen LogP contribution is -2.09. The summed E-state index contributed by atoms with van der Waals surface area (Å²) < 4.78 is 6.11. The van der Waals surface area contributed by atoms with Crippen molar-refractivity contribution in [1.29, 1.82) is 0 Å². The van der Waals surface area contributed by atoms with Gasteiger partial charge in [-0.25, -0.2) is 0 Å². The van der Waals surface area contributed by atoms with Crippen molar-refractivity contribution in [1.82, 2.24) is 0 Å². The number of allylic oxidation sites excluding steroid dienone is 3. The minimum absolute atomic E-state index is 0.497. The van der Waals surface area contributed by atoms with Gasteiger partial charge >= 0.3 is 0 Å². The molecule has 1 aromatic rings. The van der Waals surface area contributed by atoms with Gasteiger partial charge in [-0.3, -0.25) is 0 Å². The van der Waals surface area contributed by atoms with E-state index in [0.717, 1.165) is 22.6 Å². The van der Waals surface area contributed by atoms with Crippen LogP contribution in [-0.4, -0.2) is 0 Å². The van der Waals surface area contributed by atoms with Crippen molar-refractivity contribution in [2.45, 2.75) is 41.5 Å². The average Bonchev–Trinajstić information content (AvgIpc) is 2.27. The average molecular weight is 258 g/mol. The molecule has 0 radical (unpaired) electrons. The molecule has 0 N–H and O–H groups in total. The molecule has 0 atom stereocenters. The summed E-state index contributed by atoms with van der Waals surface area (Å²) in [6.45, 7) is 16.9. The molecule has 0 unspecified atom stereocenters. The van der Waals surface area contributed by atoms with E-state index in [2.05, 4.69) is 47.3 Å². The van der Waals surface area contributed by atoms with Gasteiger partial charge in [0, 0.05) is 5.56 Å². The van der Waals surface area contributed by atoms with Crippen LogP contribution in [0.1, 0.15) is 47.1 Å². The molecular weight excluding hydrogens is 232 g/mol. The van der Waals surface area contributed by atoms with Crippen molar-refractivity contribution in [2.75, 3.05) is 0 Å². The summed E-state index contributed by atoms with van der Waals surface area (Å²) >= 11 is 0.